The number of benzene rings is 2. The van der Waals surface area contributed by atoms with Crippen LogP contribution in [0.1, 0.15) is 5.56 Å². The van der Waals surface area contributed by atoms with Crippen LogP contribution in [0.15, 0.2) is 42.5 Å². The van der Waals surface area contributed by atoms with Crippen molar-refractivity contribution < 1.29 is 8.78 Å². The van der Waals surface area contributed by atoms with Crippen molar-refractivity contribution in [3.05, 3.63) is 59.7 Å². The molecule has 0 aliphatic heterocycles. The number of halogens is 2. The lowest BCUT2D eigenvalue weighted by molar-refractivity contribution is 0.619. The first kappa shape index (κ1) is 13.4. The number of thiocarbonyl (C=S) groups is 1. The van der Waals surface area contributed by atoms with Crippen molar-refractivity contribution in [3.63, 3.8) is 0 Å². The molecule has 0 saturated heterocycles. The number of aryl methyl sites for hydroxylation is 1. The summed E-state index contributed by atoms with van der Waals surface area (Å²) in [5, 5.41) is 6.20. The molecule has 0 fully saturated rings. The first-order valence-corrected chi connectivity index (χ1v) is 6.05. The zero-order valence-electron chi connectivity index (χ0n) is 10.2. The molecule has 0 heterocycles. The van der Waals surface area contributed by atoms with Crippen molar-refractivity contribution in [2.75, 3.05) is 10.6 Å². The van der Waals surface area contributed by atoms with Crippen molar-refractivity contribution >= 4 is 28.7 Å². The average molecular weight is 278 g/mol. The lowest BCUT2D eigenvalue weighted by Crippen LogP contribution is -2.19. The smallest absolute Gasteiger partial charge is 0.175 e. The minimum absolute atomic E-state index is 0.261. The predicted molar refractivity (Wildman–Crippen MR) is 77.4 cm³/mol. The topological polar surface area (TPSA) is 24.1 Å². The second-order valence-electron chi connectivity index (χ2n) is 4.05. The number of rotatable bonds is 2. The molecule has 0 radical (unpaired) electrons. The van der Waals surface area contributed by atoms with Crippen molar-refractivity contribution in [2.45, 2.75) is 6.92 Å². The number of anilines is 2. The average Bonchev–Trinajstić information content (AvgIpc) is 2.37. The van der Waals surface area contributed by atoms with Crippen LogP contribution in [0.3, 0.4) is 0 Å². The van der Waals surface area contributed by atoms with Gasteiger partial charge in [0.2, 0.25) is 0 Å². The van der Waals surface area contributed by atoms with Gasteiger partial charge in [-0.2, -0.15) is 0 Å². The molecule has 98 valence electrons. The van der Waals surface area contributed by atoms with E-state index in [0.717, 1.165) is 0 Å². The molecule has 2 aromatic rings. The van der Waals surface area contributed by atoms with Gasteiger partial charge in [0.1, 0.15) is 11.6 Å². The Morgan fingerprint density at radius 2 is 1.53 bits per heavy atom. The lowest BCUT2D eigenvalue weighted by Gasteiger charge is -2.11. The number of nitrogens with one attached hydrogen (secondary N) is 2. The number of hydrogen-bond donors (Lipinski definition) is 2. The van der Waals surface area contributed by atoms with Crippen LogP contribution in [0.25, 0.3) is 0 Å². The second-order valence-corrected chi connectivity index (χ2v) is 4.46. The Labute approximate surface area is 115 Å². The van der Waals surface area contributed by atoms with E-state index in [0.29, 0.717) is 22.1 Å². The van der Waals surface area contributed by atoms with Crippen LogP contribution in [0, 0.1) is 18.6 Å². The fraction of sp³-hybridized carbons (Fsp3) is 0.0714. The molecule has 2 rings (SSSR count). The molecule has 0 aliphatic rings. The van der Waals surface area contributed by atoms with E-state index in [1.807, 2.05) is 0 Å². The maximum Gasteiger partial charge on any atom is 0.175 e. The third-order valence-corrected chi connectivity index (χ3v) is 2.72. The Kier molecular flexibility index (Phi) is 4.06. The van der Waals surface area contributed by atoms with Crippen molar-refractivity contribution in [3.8, 4) is 0 Å². The Morgan fingerprint density at radius 1 is 0.947 bits per heavy atom. The van der Waals surface area contributed by atoms with Gasteiger partial charge in [0.15, 0.2) is 5.11 Å². The van der Waals surface area contributed by atoms with Gasteiger partial charge in [-0.3, -0.25) is 0 Å². The van der Waals surface area contributed by atoms with E-state index in [9.17, 15) is 8.78 Å². The zero-order valence-corrected chi connectivity index (χ0v) is 11.0. The molecule has 0 unspecified atom stereocenters. The lowest BCUT2D eigenvalue weighted by atomic mass is 10.2. The molecule has 0 amide bonds. The zero-order chi connectivity index (χ0) is 13.8. The van der Waals surface area contributed by atoms with E-state index < -0.39 is 0 Å². The van der Waals surface area contributed by atoms with Crippen LogP contribution in [0.4, 0.5) is 20.2 Å². The maximum absolute atomic E-state index is 13.1. The summed E-state index contributed by atoms with van der Waals surface area (Å²) >= 11 is 5.12. The van der Waals surface area contributed by atoms with E-state index in [1.54, 1.807) is 31.2 Å². The summed E-state index contributed by atoms with van der Waals surface area (Å²) in [6.45, 7) is 1.68. The third kappa shape index (κ3) is 3.72. The Hall–Kier alpha value is -2.01. The molecule has 0 spiro atoms. The van der Waals surface area contributed by atoms with Crippen LogP contribution < -0.4 is 10.6 Å². The summed E-state index contributed by atoms with van der Waals surface area (Å²) in [5.41, 5.74) is 1.91. The quantitative estimate of drug-likeness (QED) is 0.809. The Bertz CT molecular complexity index is 597. The van der Waals surface area contributed by atoms with Crippen molar-refractivity contribution in [1.82, 2.24) is 0 Å². The standard InChI is InChI=1S/C14H12F2N2S/c1-9-8-12(6-7-13(9)16)18-14(19)17-11-4-2-10(15)3-5-11/h2-8H,1H3,(H2,17,18,19). The van der Waals surface area contributed by atoms with Gasteiger partial charge in [0, 0.05) is 11.4 Å². The minimum Gasteiger partial charge on any atom is -0.332 e. The molecule has 2 aromatic carbocycles. The molecule has 0 aromatic heterocycles. The third-order valence-electron chi connectivity index (χ3n) is 2.52. The molecule has 2 nitrogen and oxygen atoms in total. The SMILES string of the molecule is Cc1cc(NC(=S)Nc2ccc(F)cc2)ccc1F. The van der Waals surface area contributed by atoms with Crippen LogP contribution in [0.5, 0.6) is 0 Å². The van der Waals surface area contributed by atoms with Crippen LogP contribution in [0.2, 0.25) is 0 Å². The minimum atomic E-state index is -0.307. The van der Waals surface area contributed by atoms with Gasteiger partial charge in [-0.25, -0.2) is 8.78 Å². The summed E-state index contributed by atoms with van der Waals surface area (Å²) in [4.78, 5) is 0. The summed E-state index contributed by atoms with van der Waals surface area (Å²) in [6.07, 6.45) is 0. The van der Waals surface area contributed by atoms with E-state index in [1.165, 1.54) is 18.2 Å². The predicted octanol–water partition coefficient (Wildman–Crippen LogP) is 4.08. The van der Waals surface area contributed by atoms with Crippen molar-refractivity contribution in [1.29, 1.82) is 0 Å². The molecule has 0 aliphatic carbocycles. The normalized spacial score (nSPS) is 10.1. The van der Waals surface area contributed by atoms with Gasteiger partial charge in [-0.05, 0) is 67.2 Å². The summed E-state index contributed by atoms with van der Waals surface area (Å²) in [6, 6.07) is 10.5. The monoisotopic (exact) mass is 278 g/mol. The Morgan fingerprint density at radius 3 is 2.16 bits per heavy atom. The van der Waals surface area contributed by atoms with Gasteiger partial charge >= 0.3 is 0 Å². The van der Waals surface area contributed by atoms with Crippen LogP contribution >= 0.6 is 12.2 Å². The van der Waals surface area contributed by atoms with E-state index >= 15 is 0 Å². The number of hydrogen-bond acceptors (Lipinski definition) is 1. The van der Waals surface area contributed by atoms with Gasteiger partial charge in [-0.15, -0.1) is 0 Å². The molecule has 19 heavy (non-hydrogen) atoms. The van der Waals surface area contributed by atoms with Crippen molar-refractivity contribution in [2.24, 2.45) is 0 Å². The molecule has 5 heteroatoms. The van der Waals surface area contributed by atoms with E-state index in [-0.39, 0.29) is 11.6 Å². The molecule has 2 N–H and O–H groups in total. The molecular weight excluding hydrogens is 266 g/mol. The van der Waals surface area contributed by atoms with E-state index in [2.05, 4.69) is 10.6 Å². The molecular formula is C14H12F2N2S. The first-order chi connectivity index (χ1) is 9.04. The van der Waals surface area contributed by atoms with Crippen LogP contribution in [-0.4, -0.2) is 5.11 Å². The summed E-state index contributed by atoms with van der Waals surface area (Å²) in [5.74, 6) is -0.568. The van der Waals surface area contributed by atoms with Gasteiger partial charge in [0.05, 0.1) is 0 Å². The highest BCUT2D eigenvalue weighted by Gasteiger charge is 2.02. The van der Waals surface area contributed by atoms with Crippen LogP contribution in [-0.2, 0) is 0 Å². The molecule has 0 bridgehead atoms. The first-order valence-electron chi connectivity index (χ1n) is 5.64. The highest BCUT2D eigenvalue weighted by Crippen LogP contribution is 2.14. The van der Waals surface area contributed by atoms with Gasteiger partial charge in [0.25, 0.3) is 0 Å². The summed E-state index contributed by atoms with van der Waals surface area (Å²) in [7, 11) is 0. The van der Waals surface area contributed by atoms with E-state index in [4.69, 9.17) is 12.2 Å². The Balaban J connectivity index is 2.01. The fourth-order valence-corrected chi connectivity index (χ4v) is 1.78. The maximum atomic E-state index is 13.1. The summed E-state index contributed by atoms with van der Waals surface area (Å²) < 4.78 is 25.9. The largest absolute Gasteiger partial charge is 0.332 e. The highest BCUT2D eigenvalue weighted by atomic mass is 32.1. The molecule has 0 atom stereocenters. The second kappa shape index (κ2) is 5.75. The molecule has 0 saturated carbocycles. The van der Waals surface area contributed by atoms with Gasteiger partial charge < -0.3 is 10.6 Å². The highest BCUT2D eigenvalue weighted by molar-refractivity contribution is 7.80. The fourth-order valence-electron chi connectivity index (χ4n) is 1.55. The van der Waals surface area contributed by atoms with Gasteiger partial charge in [-0.1, -0.05) is 0 Å².